The van der Waals surface area contributed by atoms with Crippen LogP contribution in [0.3, 0.4) is 0 Å². The highest BCUT2D eigenvalue weighted by Crippen LogP contribution is 2.37. The second kappa shape index (κ2) is 17.0. The van der Waals surface area contributed by atoms with Crippen LogP contribution in [-0.2, 0) is 9.53 Å². The zero-order valence-electron chi connectivity index (χ0n) is 26.5. The number of carbonyl (C=O) groups is 3. The second-order valence-electron chi connectivity index (χ2n) is 10.7. The van der Waals surface area contributed by atoms with Crippen molar-refractivity contribution in [3.05, 3.63) is 83.5 Å². The minimum atomic E-state index is -4.36. The van der Waals surface area contributed by atoms with Crippen LogP contribution in [-0.4, -0.2) is 59.6 Å². The lowest BCUT2D eigenvalue weighted by molar-refractivity contribution is -0.148. The number of benzene rings is 3. The number of esters is 1. The van der Waals surface area contributed by atoms with Crippen LogP contribution in [0.25, 0.3) is 10.9 Å². The monoisotopic (exact) mass is 726 g/mol. The summed E-state index contributed by atoms with van der Waals surface area (Å²) >= 11 is 6.06. The van der Waals surface area contributed by atoms with Crippen LogP contribution in [0.5, 0.6) is 5.75 Å². The summed E-state index contributed by atoms with van der Waals surface area (Å²) < 4.78 is 50.3. The number of nitrogens with zero attached hydrogens (tertiary/aromatic N) is 2. The molecule has 1 heterocycles. The number of nitrogens with one attached hydrogen (secondary N) is 2. The predicted molar refractivity (Wildman–Crippen MR) is 185 cm³/mol. The number of fused-ring (bicyclic) bond motifs is 1. The molecule has 2 atom stereocenters. The maximum atomic E-state index is 13.3. The van der Waals surface area contributed by atoms with Gasteiger partial charge in [-0.2, -0.15) is 13.2 Å². The Labute approximate surface area is 291 Å². The van der Waals surface area contributed by atoms with Gasteiger partial charge in [0, 0.05) is 33.6 Å². The zero-order chi connectivity index (χ0) is 34.3. The molecule has 1 aromatic heterocycles. The van der Waals surface area contributed by atoms with Gasteiger partial charge in [-0.1, -0.05) is 23.7 Å². The van der Waals surface area contributed by atoms with E-state index in [9.17, 15) is 27.6 Å². The highest BCUT2D eigenvalue weighted by atomic mass is 35.5. The fourth-order valence-electron chi connectivity index (χ4n) is 4.83. The molecule has 9 nitrogen and oxygen atoms in total. The summed E-state index contributed by atoms with van der Waals surface area (Å²) in [5.41, 5.74) is -2.30. The maximum absolute atomic E-state index is 13.3. The number of likely N-dealkylation sites (N-methyl/N-ethyl adjacent to an activating group) is 1. The molecule has 0 aliphatic rings. The summed E-state index contributed by atoms with van der Waals surface area (Å²) in [6, 6.07) is 16.4. The standard InChI is InChI=1S/C33H34ClF3N4O5S.ClH/c1-5-45-31(43)29(40(3)4)16-17-30(42)41-19-27(26-18-22(34)8-15-28(26)41)39-32(44)38-23-9-11-24(12-10-23)46-20(2)21-6-13-25(14-7-21)47-33(35,36)37;/h6-15,18-20,29H,5,16-17H2,1-4H3,(H2,38,39,44);1H. The molecule has 4 rings (SSSR count). The van der Waals surface area contributed by atoms with Crippen molar-refractivity contribution in [2.75, 3.05) is 31.3 Å². The maximum Gasteiger partial charge on any atom is 0.446 e. The number of halogens is 5. The molecule has 3 aromatic carbocycles. The number of hydrogen-bond donors (Lipinski definition) is 2. The van der Waals surface area contributed by atoms with Gasteiger partial charge in [-0.05, 0) is 106 Å². The largest absolute Gasteiger partial charge is 0.486 e. The Hall–Kier alpha value is -3.91. The minimum Gasteiger partial charge on any atom is -0.486 e. The van der Waals surface area contributed by atoms with E-state index < -0.39 is 29.7 Å². The summed E-state index contributed by atoms with van der Waals surface area (Å²) in [7, 11) is 3.49. The summed E-state index contributed by atoms with van der Waals surface area (Å²) in [5, 5.41) is 6.48. The third kappa shape index (κ3) is 10.5. The summed E-state index contributed by atoms with van der Waals surface area (Å²) in [6.07, 6.45) is 1.38. The van der Waals surface area contributed by atoms with E-state index in [-0.39, 0.29) is 54.4 Å². The van der Waals surface area contributed by atoms with Crippen molar-refractivity contribution < 1.29 is 37.0 Å². The van der Waals surface area contributed by atoms with Crippen LogP contribution >= 0.6 is 35.8 Å². The van der Waals surface area contributed by atoms with Crippen molar-refractivity contribution in [2.45, 2.75) is 49.2 Å². The van der Waals surface area contributed by atoms with Crippen LogP contribution in [0.15, 0.2) is 77.8 Å². The molecule has 4 aromatic rings. The van der Waals surface area contributed by atoms with Crippen LogP contribution in [0.1, 0.15) is 43.2 Å². The number of amides is 2. The van der Waals surface area contributed by atoms with Gasteiger partial charge in [0.25, 0.3) is 0 Å². The number of carbonyl (C=O) groups excluding carboxylic acids is 3. The van der Waals surface area contributed by atoms with Gasteiger partial charge in [0.15, 0.2) is 0 Å². The van der Waals surface area contributed by atoms with Crippen LogP contribution in [0.4, 0.5) is 29.3 Å². The zero-order valence-corrected chi connectivity index (χ0v) is 28.9. The van der Waals surface area contributed by atoms with Gasteiger partial charge in [-0.25, -0.2) is 4.79 Å². The number of anilines is 2. The molecular weight excluding hydrogens is 692 g/mol. The molecular formula is C33H35Cl2F3N4O5S. The van der Waals surface area contributed by atoms with Gasteiger partial charge in [-0.15, -0.1) is 12.4 Å². The van der Waals surface area contributed by atoms with Crippen molar-refractivity contribution in [3.63, 3.8) is 0 Å². The van der Waals surface area contributed by atoms with Crippen molar-refractivity contribution in [1.29, 1.82) is 0 Å². The van der Waals surface area contributed by atoms with E-state index in [2.05, 4.69) is 10.6 Å². The summed E-state index contributed by atoms with van der Waals surface area (Å²) in [5.74, 6) is -0.185. The molecule has 0 radical (unpaired) electrons. The van der Waals surface area contributed by atoms with Crippen LogP contribution < -0.4 is 15.4 Å². The fourth-order valence-corrected chi connectivity index (χ4v) is 5.54. The molecule has 0 spiro atoms. The molecule has 48 heavy (non-hydrogen) atoms. The number of hydrogen-bond acceptors (Lipinski definition) is 7. The number of ether oxygens (including phenoxy) is 2. The quantitative estimate of drug-likeness (QED) is 0.111. The third-order valence-electron chi connectivity index (χ3n) is 7.11. The minimum absolute atomic E-state index is 0. The predicted octanol–water partition coefficient (Wildman–Crippen LogP) is 9.03. The molecule has 2 amide bonds. The molecule has 0 saturated heterocycles. The first kappa shape index (κ1) is 38.5. The average molecular weight is 728 g/mol. The Kier molecular flexibility index (Phi) is 13.6. The van der Waals surface area contributed by atoms with Crippen LogP contribution in [0, 0.1) is 0 Å². The smallest absolute Gasteiger partial charge is 0.446 e. The van der Waals surface area contributed by atoms with Gasteiger partial charge in [0.2, 0.25) is 5.91 Å². The lowest BCUT2D eigenvalue weighted by atomic mass is 10.1. The summed E-state index contributed by atoms with van der Waals surface area (Å²) in [4.78, 5) is 40.4. The Bertz CT molecular complexity index is 1720. The van der Waals surface area contributed by atoms with E-state index in [1.807, 2.05) is 0 Å². The summed E-state index contributed by atoms with van der Waals surface area (Å²) in [6.45, 7) is 3.74. The molecule has 258 valence electrons. The molecule has 0 aliphatic heterocycles. The Morgan fingerprint density at radius 3 is 2.27 bits per heavy atom. The number of urea groups is 1. The van der Waals surface area contributed by atoms with Crippen molar-refractivity contribution >= 4 is 76.0 Å². The van der Waals surface area contributed by atoms with Gasteiger partial charge < -0.3 is 20.1 Å². The van der Waals surface area contributed by atoms with Crippen molar-refractivity contribution in [2.24, 2.45) is 0 Å². The first-order chi connectivity index (χ1) is 22.2. The van der Waals surface area contributed by atoms with E-state index in [4.69, 9.17) is 21.1 Å². The normalized spacial score (nSPS) is 12.6. The van der Waals surface area contributed by atoms with E-state index in [0.29, 0.717) is 38.6 Å². The molecule has 2 unspecified atom stereocenters. The Morgan fingerprint density at radius 2 is 1.67 bits per heavy atom. The molecule has 0 aliphatic carbocycles. The average Bonchev–Trinajstić information content (AvgIpc) is 3.34. The van der Waals surface area contributed by atoms with Gasteiger partial charge in [-0.3, -0.25) is 19.1 Å². The van der Waals surface area contributed by atoms with E-state index in [0.717, 1.165) is 0 Å². The first-order valence-corrected chi connectivity index (χ1v) is 15.8. The Morgan fingerprint density at radius 1 is 1.00 bits per heavy atom. The number of rotatable bonds is 12. The molecule has 0 fully saturated rings. The van der Waals surface area contributed by atoms with Crippen molar-refractivity contribution in [3.8, 4) is 5.75 Å². The van der Waals surface area contributed by atoms with Gasteiger partial charge >= 0.3 is 17.5 Å². The lowest BCUT2D eigenvalue weighted by Crippen LogP contribution is -2.37. The van der Waals surface area contributed by atoms with E-state index in [1.165, 1.54) is 22.9 Å². The number of alkyl halides is 3. The topological polar surface area (TPSA) is 102 Å². The molecule has 0 bridgehead atoms. The van der Waals surface area contributed by atoms with Gasteiger partial charge in [0.05, 0.1) is 17.8 Å². The second-order valence-corrected chi connectivity index (χ2v) is 12.3. The molecule has 0 saturated carbocycles. The first-order valence-electron chi connectivity index (χ1n) is 14.6. The number of thioether (sulfide) groups is 1. The van der Waals surface area contributed by atoms with E-state index in [1.54, 1.807) is 87.4 Å². The number of aromatic nitrogens is 1. The molecule has 15 heteroatoms. The van der Waals surface area contributed by atoms with Crippen molar-refractivity contribution in [1.82, 2.24) is 9.47 Å². The highest BCUT2D eigenvalue weighted by Gasteiger charge is 2.29. The molecule has 2 N–H and O–H groups in total. The SMILES string of the molecule is CCOC(=O)C(CCC(=O)n1cc(NC(=O)Nc2ccc(OC(C)c3ccc(SC(F)(F)F)cc3)cc2)c2cc(Cl)ccc21)N(C)C.Cl. The third-order valence-corrected chi connectivity index (χ3v) is 8.08. The van der Waals surface area contributed by atoms with Crippen LogP contribution in [0.2, 0.25) is 5.02 Å². The Balaban J connectivity index is 0.00000625. The fraction of sp³-hybridized carbons (Fsp3) is 0.303. The van der Waals surface area contributed by atoms with Gasteiger partial charge in [0.1, 0.15) is 17.9 Å². The highest BCUT2D eigenvalue weighted by molar-refractivity contribution is 8.00. The van der Waals surface area contributed by atoms with E-state index >= 15 is 0 Å². The lowest BCUT2D eigenvalue weighted by Gasteiger charge is -2.22.